The van der Waals surface area contributed by atoms with Crippen molar-refractivity contribution in [2.45, 2.75) is 30.3 Å². The summed E-state index contributed by atoms with van der Waals surface area (Å²) in [5.74, 6) is 1.13. The summed E-state index contributed by atoms with van der Waals surface area (Å²) in [5.41, 5.74) is 2.44. The highest BCUT2D eigenvalue weighted by Gasteiger charge is 2.23. The van der Waals surface area contributed by atoms with Gasteiger partial charge in [0.1, 0.15) is 0 Å². The number of fused-ring (bicyclic) bond motifs is 1. The fourth-order valence-corrected chi connectivity index (χ4v) is 4.34. The summed E-state index contributed by atoms with van der Waals surface area (Å²) in [4.78, 5) is 1.33. The van der Waals surface area contributed by atoms with Crippen LogP contribution >= 0.6 is 35.0 Å². The zero-order valence-corrected chi connectivity index (χ0v) is 14.1. The topological polar surface area (TPSA) is 12.0 Å². The first-order valence-corrected chi connectivity index (χ1v) is 8.82. The Balaban J connectivity index is 1.83. The van der Waals surface area contributed by atoms with Crippen LogP contribution in [0.3, 0.4) is 0 Å². The fourth-order valence-electron chi connectivity index (χ4n) is 2.76. The molecule has 0 bridgehead atoms. The van der Waals surface area contributed by atoms with Crippen molar-refractivity contribution >= 4 is 35.0 Å². The number of thioether (sulfide) groups is 1. The predicted octanol–water partition coefficient (Wildman–Crippen LogP) is 5.88. The number of hydrogen-bond donors (Lipinski definition) is 1. The summed E-state index contributed by atoms with van der Waals surface area (Å²) >= 11 is 14.4. The van der Waals surface area contributed by atoms with Gasteiger partial charge in [-0.2, -0.15) is 0 Å². The van der Waals surface area contributed by atoms with E-state index in [1.807, 2.05) is 36.0 Å². The van der Waals surface area contributed by atoms with Gasteiger partial charge >= 0.3 is 0 Å². The maximum Gasteiger partial charge on any atom is 0.0453 e. The van der Waals surface area contributed by atoms with E-state index >= 15 is 0 Å². The second kappa shape index (κ2) is 6.62. The summed E-state index contributed by atoms with van der Waals surface area (Å²) in [6.45, 7) is 2.16. The highest BCUT2D eigenvalue weighted by molar-refractivity contribution is 7.99. The molecule has 1 unspecified atom stereocenters. The lowest BCUT2D eigenvalue weighted by Gasteiger charge is -2.29. The van der Waals surface area contributed by atoms with Crippen molar-refractivity contribution in [1.29, 1.82) is 0 Å². The van der Waals surface area contributed by atoms with Gasteiger partial charge in [-0.05, 0) is 54.5 Å². The van der Waals surface area contributed by atoms with Crippen LogP contribution in [0.1, 0.15) is 36.6 Å². The highest BCUT2D eigenvalue weighted by Crippen LogP contribution is 2.39. The van der Waals surface area contributed by atoms with Gasteiger partial charge in [0.05, 0.1) is 0 Å². The summed E-state index contributed by atoms with van der Waals surface area (Å²) in [6.07, 6.45) is 1.10. The summed E-state index contributed by atoms with van der Waals surface area (Å²) in [5, 5.41) is 5.32. The van der Waals surface area contributed by atoms with Crippen molar-refractivity contribution < 1.29 is 0 Å². The Labute approximate surface area is 140 Å². The van der Waals surface area contributed by atoms with Crippen LogP contribution in [0.2, 0.25) is 10.0 Å². The molecule has 1 aliphatic rings. The second-order valence-electron chi connectivity index (χ2n) is 5.28. The molecule has 0 aliphatic carbocycles. The van der Waals surface area contributed by atoms with Crippen molar-refractivity contribution in [3.05, 3.63) is 63.6 Å². The van der Waals surface area contributed by atoms with E-state index in [0.29, 0.717) is 6.04 Å². The Hall–Kier alpha value is -0.670. The van der Waals surface area contributed by atoms with Crippen LogP contribution in [0.4, 0.5) is 0 Å². The zero-order chi connectivity index (χ0) is 14.8. The van der Waals surface area contributed by atoms with Crippen LogP contribution in [0, 0.1) is 0 Å². The number of rotatable bonds is 3. The molecule has 0 amide bonds. The molecule has 21 heavy (non-hydrogen) atoms. The molecule has 1 heterocycles. The Morgan fingerprint density at radius 3 is 2.81 bits per heavy atom. The van der Waals surface area contributed by atoms with Gasteiger partial charge in [-0.3, -0.25) is 0 Å². The van der Waals surface area contributed by atoms with Crippen molar-refractivity contribution in [2.75, 3.05) is 5.75 Å². The SMILES string of the molecule is C[C@H](NC1CCSc2ccc(Cl)cc21)c1ccccc1Cl. The average Bonchev–Trinajstić information content (AvgIpc) is 2.48. The molecule has 0 saturated carbocycles. The molecule has 1 nitrogen and oxygen atoms in total. The quantitative estimate of drug-likeness (QED) is 0.750. The largest absolute Gasteiger partial charge is 0.303 e. The standard InChI is InChI=1S/C17H17Cl2NS/c1-11(13-4-2-3-5-15(13)19)20-16-8-9-21-17-7-6-12(18)10-14(16)17/h2-7,10-11,16,20H,8-9H2,1H3/t11-,16?/m0/s1. The summed E-state index contributed by atoms with van der Waals surface area (Å²) < 4.78 is 0. The number of nitrogens with one attached hydrogen (secondary N) is 1. The molecule has 4 heteroatoms. The van der Waals surface area contributed by atoms with E-state index in [4.69, 9.17) is 23.2 Å². The van der Waals surface area contributed by atoms with Gasteiger partial charge in [0.25, 0.3) is 0 Å². The van der Waals surface area contributed by atoms with Crippen LogP contribution in [-0.2, 0) is 0 Å². The molecular formula is C17H17Cl2NS. The lowest BCUT2D eigenvalue weighted by molar-refractivity contribution is 0.450. The molecule has 0 saturated heterocycles. The molecule has 110 valence electrons. The Morgan fingerprint density at radius 2 is 2.00 bits per heavy atom. The van der Waals surface area contributed by atoms with E-state index in [-0.39, 0.29) is 6.04 Å². The van der Waals surface area contributed by atoms with Gasteiger partial charge in [-0.25, -0.2) is 0 Å². The molecule has 0 radical (unpaired) electrons. The maximum atomic E-state index is 6.30. The zero-order valence-electron chi connectivity index (χ0n) is 11.8. The highest BCUT2D eigenvalue weighted by atomic mass is 35.5. The van der Waals surface area contributed by atoms with E-state index in [1.165, 1.54) is 10.5 Å². The predicted molar refractivity (Wildman–Crippen MR) is 92.5 cm³/mol. The smallest absolute Gasteiger partial charge is 0.0453 e. The number of halogens is 2. The third kappa shape index (κ3) is 3.40. The molecule has 0 fully saturated rings. The van der Waals surface area contributed by atoms with Gasteiger partial charge in [0, 0.05) is 27.0 Å². The molecule has 2 aromatic carbocycles. The summed E-state index contributed by atoms with van der Waals surface area (Å²) in [6, 6.07) is 14.7. The minimum absolute atomic E-state index is 0.207. The first-order valence-electron chi connectivity index (χ1n) is 7.08. The van der Waals surface area contributed by atoms with E-state index in [2.05, 4.69) is 30.4 Å². The van der Waals surface area contributed by atoms with Crippen LogP contribution < -0.4 is 5.32 Å². The molecule has 0 spiro atoms. The van der Waals surface area contributed by atoms with E-state index < -0.39 is 0 Å². The van der Waals surface area contributed by atoms with Crippen molar-refractivity contribution in [3.8, 4) is 0 Å². The molecular weight excluding hydrogens is 321 g/mol. The fraction of sp³-hybridized carbons (Fsp3) is 0.294. The Bertz CT molecular complexity index is 644. The minimum Gasteiger partial charge on any atom is -0.303 e. The van der Waals surface area contributed by atoms with Gasteiger partial charge < -0.3 is 5.32 Å². The summed E-state index contributed by atoms with van der Waals surface area (Å²) in [7, 11) is 0. The van der Waals surface area contributed by atoms with Crippen molar-refractivity contribution in [3.63, 3.8) is 0 Å². The molecule has 1 N–H and O–H groups in total. The third-order valence-corrected chi connectivity index (χ3v) is 5.54. The molecule has 1 aliphatic heterocycles. The van der Waals surface area contributed by atoms with E-state index in [0.717, 1.165) is 27.8 Å². The van der Waals surface area contributed by atoms with Crippen LogP contribution in [0.25, 0.3) is 0 Å². The molecule has 2 atom stereocenters. The molecule has 3 rings (SSSR count). The number of hydrogen-bond acceptors (Lipinski definition) is 2. The average molecular weight is 338 g/mol. The van der Waals surface area contributed by atoms with E-state index in [9.17, 15) is 0 Å². The van der Waals surface area contributed by atoms with E-state index in [1.54, 1.807) is 0 Å². The monoisotopic (exact) mass is 337 g/mol. The molecule has 2 aromatic rings. The lowest BCUT2D eigenvalue weighted by atomic mass is 10.0. The normalized spacial score (nSPS) is 19.1. The second-order valence-corrected chi connectivity index (χ2v) is 7.26. The molecule has 0 aromatic heterocycles. The van der Waals surface area contributed by atoms with Crippen molar-refractivity contribution in [2.24, 2.45) is 0 Å². The lowest BCUT2D eigenvalue weighted by Crippen LogP contribution is -2.27. The first-order chi connectivity index (χ1) is 10.1. The van der Waals surface area contributed by atoms with Crippen LogP contribution in [0.5, 0.6) is 0 Å². The van der Waals surface area contributed by atoms with Crippen molar-refractivity contribution in [1.82, 2.24) is 5.32 Å². The van der Waals surface area contributed by atoms with Gasteiger partial charge in [0.2, 0.25) is 0 Å². The minimum atomic E-state index is 0.207. The number of benzene rings is 2. The first kappa shape index (κ1) is 15.2. The van der Waals surface area contributed by atoms with Gasteiger partial charge in [-0.1, -0.05) is 41.4 Å². The van der Waals surface area contributed by atoms with Crippen LogP contribution in [0.15, 0.2) is 47.4 Å². The van der Waals surface area contributed by atoms with Gasteiger partial charge in [0.15, 0.2) is 0 Å². The Kier molecular flexibility index (Phi) is 4.80. The maximum absolute atomic E-state index is 6.30. The van der Waals surface area contributed by atoms with Gasteiger partial charge in [-0.15, -0.1) is 11.8 Å². The Morgan fingerprint density at radius 1 is 1.19 bits per heavy atom. The third-order valence-electron chi connectivity index (χ3n) is 3.83. The van der Waals surface area contributed by atoms with Crippen LogP contribution in [-0.4, -0.2) is 5.75 Å².